The number of amides is 1. The predicted molar refractivity (Wildman–Crippen MR) is 107 cm³/mol. The number of anilines is 1. The molecule has 2 aliphatic rings. The fourth-order valence-corrected chi connectivity index (χ4v) is 5.15. The highest BCUT2D eigenvalue weighted by atomic mass is 35.5. The highest BCUT2D eigenvalue weighted by molar-refractivity contribution is 7.89. The van der Waals surface area contributed by atoms with Crippen LogP contribution in [0.15, 0.2) is 29.2 Å². The number of sulfonamides is 1. The topological polar surface area (TPSA) is 87.7 Å². The number of ether oxygens (including phenoxy) is 1. The van der Waals surface area contributed by atoms with Gasteiger partial charge in [-0.1, -0.05) is 12.5 Å². The van der Waals surface area contributed by atoms with Crippen molar-refractivity contribution in [2.75, 3.05) is 38.6 Å². The Morgan fingerprint density at radius 3 is 2.48 bits per heavy atom. The van der Waals surface area contributed by atoms with Gasteiger partial charge in [0.2, 0.25) is 10.0 Å². The van der Waals surface area contributed by atoms with Crippen LogP contribution >= 0.6 is 12.4 Å². The van der Waals surface area contributed by atoms with Crippen LogP contribution in [0.1, 0.15) is 32.1 Å². The third-order valence-corrected chi connectivity index (χ3v) is 7.16. The lowest BCUT2D eigenvalue weighted by Crippen LogP contribution is -2.51. The van der Waals surface area contributed by atoms with Gasteiger partial charge in [-0.05, 0) is 57.0 Å². The van der Waals surface area contributed by atoms with Crippen molar-refractivity contribution in [3.63, 3.8) is 0 Å². The van der Waals surface area contributed by atoms with E-state index in [-0.39, 0.29) is 23.2 Å². The minimum Gasteiger partial charge on any atom is -0.368 e. The van der Waals surface area contributed by atoms with Gasteiger partial charge in [0.15, 0.2) is 0 Å². The molecule has 0 saturated carbocycles. The molecule has 0 aromatic heterocycles. The zero-order valence-corrected chi connectivity index (χ0v) is 17.2. The van der Waals surface area contributed by atoms with E-state index in [0.29, 0.717) is 44.7 Å². The van der Waals surface area contributed by atoms with Crippen LogP contribution in [0.4, 0.5) is 5.69 Å². The molecule has 2 N–H and O–H groups in total. The summed E-state index contributed by atoms with van der Waals surface area (Å²) in [4.78, 5) is 13.0. The Labute approximate surface area is 167 Å². The van der Waals surface area contributed by atoms with E-state index in [1.54, 1.807) is 25.3 Å². The van der Waals surface area contributed by atoms with Gasteiger partial charge >= 0.3 is 0 Å². The van der Waals surface area contributed by atoms with Crippen molar-refractivity contribution >= 4 is 34.0 Å². The minimum atomic E-state index is -3.53. The second kappa shape index (κ2) is 9.34. The van der Waals surface area contributed by atoms with Crippen molar-refractivity contribution in [3.8, 4) is 0 Å². The van der Waals surface area contributed by atoms with Crippen LogP contribution in [0.2, 0.25) is 0 Å². The Morgan fingerprint density at radius 2 is 1.85 bits per heavy atom. The lowest BCUT2D eigenvalue weighted by Gasteiger charge is -2.34. The molecule has 152 valence electrons. The lowest BCUT2D eigenvalue weighted by atomic mass is 9.91. The Kier molecular flexibility index (Phi) is 7.64. The molecule has 7 nitrogen and oxygen atoms in total. The van der Waals surface area contributed by atoms with E-state index in [1.165, 1.54) is 10.4 Å². The maximum atomic E-state index is 12.8. The summed E-state index contributed by atoms with van der Waals surface area (Å²) in [5.41, 5.74) is -0.393. The Bertz CT molecular complexity index is 745. The quantitative estimate of drug-likeness (QED) is 0.764. The molecule has 1 amide bonds. The van der Waals surface area contributed by atoms with E-state index in [4.69, 9.17) is 4.74 Å². The highest BCUT2D eigenvalue weighted by Crippen LogP contribution is 2.26. The highest BCUT2D eigenvalue weighted by Gasteiger charge is 2.39. The first-order valence-corrected chi connectivity index (χ1v) is 10.6. The van der Waals surface area contributed by atoms with Crippen LogP contribution in [0, 0.1) is 0 Å². The first-order valence-electron chi connectivity index (χ1n) is 9.15. The van der Waals surface area contributed by atoms with E-state index >= 15 is 0 Å². The number of carbonyl (C=O) groups excluding carboxylic acids is 1. The van der Waals surface area contributed by atoms with Crippen LogP contribution < -0.4 is 10.6 Å². The molecular formula is C18H28ClN3O4S. The van der Waals surface area contributed by atoms with Gasteiger partial charge in [0.05, 0.1) is 4.90 Å². The number of carbonyl (C=O) groups is 1. The number of piperidine rings is 2. The third kappa shape index (κ3) is 4.81. The fraction of sp³-hybridized carbons (Fsp3) is 0.611. The van der Waals surface area contributed by atoms with Crippen molar-refractivity contribution < 1.29 is 17.9 Å². The van der Waals surface area contributed by atoms with Crippen LogP contribution in [0.5, 0.6) is 0 Å². The predicted octanol–water partition coefficient (Wildman–Crippen LogP) is 1.99. The summed E-state index contributed by atoms with van der Waals surface area (Å²) in [5, 5.41) is 6.06. The summed E-state index contributed by atoms with van der Waals surface area (Å²) in [6, 6.07) is 6.48. The number of hydrogen-bond acceptors (Lipinski definition) is 5. The molecule has 0 atom stereocenters. The number of benzene rings is 1. The molecule has 0 aliphatic carbocycles. The van der Waals surface area contributed by atoms with E-state index in [2.05, 4.69) is 10.6 Å². The maximum Gasteiger partial charge on any atom is 0.256 e. The number of rotatable bonds is 5. The van der Waals surface area contributed by atoms with E-state index < -0.39 is 15.6 Å². The summed E-state index contributed by atoms with van der Waals surface area (Å²) in [7, 11) is -1.98. The van der Waals surface area contributed by atoms with Crippen molar-refractivity contribution in [1.82, 2.24) is 9.62 Å². The fourth-order valence-electron chi connectivity index (χ4n) is 3.59. The van der Waals surface area contributed by atoms with Gasteiger partial charge in [-0.3, -0.25) is 4.79 Å². The van der Waals surface area contributed by atoms with Crippen LogP contribution in [0.3, 0.4) is 0 Å². The Hall–Kier alpha value is -1.19. The van der Waals surface area contributed by atoms with Crippen molar-refractivity contribution in [3.05, 3.63) is 24.3 Å². The summed E-state index contributed by atoms with van der Waals surface area (Å²) < 4.78 is 32.7. The summed E-state index contributed by atoms with van der Waals surface area (Å²) in [6.45, 7) is 2.53. The summed E-state index contributed by atoms with van der Waals surface area (Å²) in [6.07, 6.45) is 4.01. The molecule has 1 aromatic rings. The molecular weight excluding hydrogens is 390 g/mol. The van der Waals surface area contributed by atoms with Crippen molar-refractivity contribution in [2.24, 2.45) is 0 Å². The average Bonchev–Trinajstić information content (AvgIpc) is 2.69. The zero-order chi connectivity index (χ0) is 18.6. The van der Waals surface area contributed by atoms with Gasteiger partial charge in [0, 0.05) is 25.9 Å². The van der Waals surface area contributed by atoms with E-state index in [0.717, 1.165) is 19.3 Å². The molecule has 1 aromatic carbocycles. The van der Waals surface area contributed by atoms with Crippen LogP contribution in [-0.2, 0) is 19.6 Å². The SMILES string of the molecule is COC1(C(=O)Nc2cccc(S(=O)(=O)N3CCCCC3)c2)CCNCC1.Cl. The maximum absolute atomic E-state index is 12.8. The first-order chi connectivity index (χ1) is 12.5. The zero-order valence-electron chi connectivity index (χ0n) is 15.6. The summed E-state index contributed by atoms with van der Waals surface area (Å²) in [5.74, 6) is -0.228. The number of methoxy groups -OCH3 is 1. The minimum absolute atomic E-state index is 0. The molecule has 0 bridgehead atoms. The lowest BCUT2D eigenvalue weighted by molar-refractivity contribution is -0.140. The Balaban J connectivity index is 0.00000261. The number of nitrogens with zero attached hydrogens (tertiary/aromatic N) is 1. The van der Waals surface area contributed by atoms with Gasteiger partial charge < -0.3 is 15.4 Å². The van der Waals surface area contributed by atoms with Crippen molar-refractivity contribution in [1.29, 1.82) is 0 Å². The first kappa shape index (κ1) is 22.1. The monoisotopic (exact) mass is 417 g/mol. The molecule has 0 spiro atoms. The molecule has 0 radical (unpaired) electrons. The molecule has 3 rings (SSSR count). The smallest absolute Gasteiger partial charge is 0.256 e. The second-order valence-corrected chi connectivity index (χ2v) is 8.83. The van der Waals surface area contributed by atoms with Gasteiger partial charge in [-0.25, -0.2) is 8.42 Å². The number of hydrogen-bond donors (Lipinski definition) is 2. The molecule has 0 unspecified atom stereocenters. The van der Waals surface area contributed by atoms with Crippen molar-refractivity contribution in [2.45, 2.75) is 42.6 Å². The average molecular weight is 418 g/mol. The normalized spacial score (nSPS) is 20.5. The van der Waals surface area contributed by atoms with Gasteiger partial charge in [0.25, 0.3) is 5.91 Å². The molecule has 2 aliphatic heterocycles. The molecule has 27 heavy (non-hydrogen) atoms. The standard InChI is InChI=1S/C18H27N3O4S.ClH/c1-25-18(8-10-19-11-9-18)17(22)20-15-6-5-7-16(14-15)26(23,24)21-12-3-2-4-13-21;/h5-7,14,19H,2-4,8-13H2,1H3,(H,20,22);1H. The molecule has 9 heteroatoms. The Morgan fingerprint density at radius 1 is 1.19 bits per heavy atom. The van der Waals surface area contributed by atoms with Crippen LogP contribution in [0.25, 0.3) is 0 Å². The van der Waals surface area contributed by atoms with Gasteiger partial charge in [0.1, 0.15) is 5.60 Å². The molecule has 2 fully saturated rings. The molecule has 2 heterocycles. The summed E-state index contributed by atoms with van der Waals surface area (Å²) >= 11 is 0. The van der Waals surface area contributed by atoms with Gasteiger partial charge in [-0.15, -0.1) is 12.4 Å². The number of nitrogens with one attached hydrogen (secondary N) is 2. The largest absolute Gasteiger partial charge is 0.368 e. The van der Waals surface area contributed by atoms with Crippen LogP contribution in [-0.4, -0.2) is 57.5 Å². The van der Waals surface area contributed by atoms with E-state index in [1.807, 2.05) is 0 Å². The second-order valence-electron chi connectivity index (χ2n) is 6.90. The van der Waals surface area contributed by atoms with E-state index in [9.17, 15) is 13.2 Å². The third-order valence-electron chi connectivity index (χ3n) is 5.26. The number of halogens is 1. The molecule has 2 saturated heterocycles. The van der Waals surface area contributed by atoms with Gasteiger partial charge in [-0.2, -0.15) is 4.31 Å².